The Morgan fingerprint density at radius 1 is 1.39 bits per heavy atom. The highest BCUT2D eigenvalue weighted by atomic mass is 16.5. The van der Waals surface area contributed by atoms with E-state index in [0.29, 0.717) is 18.6 Å². The van der Waals surface area contributed by atoms with Crippen molar-refractivity contribution in [1.29, 1.82) is 0 Å². The summed E-state index contributed by atoms with van der Waals surface area (Å²) in [5.74, 6) is 0.652. The van der Waals surface area contributed by atoms with Gasteiger partial charge in [0.2, 0.25) is 0 Å². The van der Waals surface area contributed by atoms with Crippen LogP contribution in [0, 0.1) is 5.92 Å². The van der Waals surface area contributed by atoms with Crippen molar-refractivity contribution in [2.75, 3.05) is 32.8 Å². The first-order valence-corrected chi connectivity index (χ1v) is 7.37. The number of hydrogen-bond acceptors (Lipinski definition) is 4. The Morgan fingerprint density at radius 3 is 2.61 bits per heavy atom. The summed E-state index contributed by atoms with van der Waals surface area (Å²) in [6.45, 7) is 8.31. The highest BCUT2D eigenvalue weighted by Crippen LogP contribution is 2.19. The summed E-state index contributed by atoms with van der Waals surface area (Å²) in [5, 5.41) is 9.88. The molecule has 0 bridgehead atoms. The molecule has 1 saturated heterocycles. The first-order chi connectivity index (χ1) is 8.63. The van der Waals surface area contributed by atoms with Crippen LogP contribution in [0.15, 0.2) is 0 Å². The van der Waals surface area contributed by atoms with Crippen LogP contribution in [0.2, 0.25) is 0 Å². The van der Waals surface area contributed by atoms with Gasteiger partial charge in [-0.3, -0.25) is 0 Å². The van der Waals surface area contributed by atoms with Gasteiger partial charge in [-0.05, 0) is 45.2 Å². The first-order valence-electron chi connectivity index (χ1n) is 7.37. The maximum Gasteiger partial charge on any atom is 0.0900 e. The molecule has 1 heterocycles. The number of hydrogen-bond donors (Lipinski definition) is 2. The van der Waals surface area contributed by atoms with Gasteiger partial charge >= 0.3 is 0 Å². The third-order valence-electron chi connectivity index (χ3n) is 3.80. The van der Waals surface area contributed by atoms with Gasteiger partial charge in [0.1, 0.15) is 0 Å². The molecule has 108 valence electrons. The first kappa shape index (κ1) is 15.9. The number of piperidine rings is 1. The molecule has 18 heavy (non-hydrogen) atoms. The third-order valence-corrected chi connectivity index (χ3v) is 3.80. The SMILES string of the molecule is CCCCOCC(O)CN1CCC(C(C)N)CC1. The number of likely N-dealkylation sites (tertiary alicyclic amines) is 1. The van der Waals surface area contributed by atoms with E-state index in [2.05, 4.69) is 18.7 Å². The number of β-amino-alcohol motifs (C(OH)–C–C–N with tert-alkyl or cyclic N) is 1. The summed E-state index contributed by atoms with van der Waals surface area (Å²) in [4.78, 5) is 2.33. The molecule has 0 amide bonds. The number of aliphatic hydroxyl groups excluding tert-OH is 1. The monoisotopic (exact) mass is 258 g/mol. The number of rotatable bonds is 8. The van der Waals surface area contributed by atoms with Gasteiger partial charge in [-0.25, -0.2) is 0 Å². The number of aliphatic hydroxyl groups is 1. The van der Waals surface area contributed by atoms with Crippen LogP contribution in [0.4, 0.5) is 0 Å². The highest BCUT2D eigenvalue weighted by molar-refractivity contribution is 4.78. The average Bonchev–Trinajstić information content (AvgIpc) is 2.35. The third kappa shape index (κ3) is 6.14. The lowest BCUT2D eigenvalue weighted by molar-refractivity contribution is 0.00931. The van der Waals surface area contributed by atoms with Gasteiger partial charge in [0.25, 0.3) is 0 Å². The largest absolute Gasteiger partial charge is 0.389 e. The molecule has 1 aliphatic rings. The van der Waals surface area contributed by atoms with Crippen molar-refractivity contribution < 1.29 is 9.84 Å². The summed E-state index contributed by atoms with van der Waals surface area (Å²) >= 11 is 0. The second-order valence-electron chi connectivity index (χ2n) is 5.58. The lowest BCUT2D eigenvalue weighted by Gasteiger charge is -2.34. The van der Waals surface area contributed by atoms with Crippen LogP contribution in [0.25, 0.3) is 0 Å². The zero-order chi connectivity index (χ0) is 13.4. The molecule has 4 heteroatoms. The number of ether oxygens (including phenoxy) is 1. The smallest absolute Gasteiger partial charge is 0.0900 e. The van der Waals surface area contributed by atoms with Crippen LogP contribution in [0.3, 0.4) is 0 Å². The second-order valence-corrected chi connectivity index (χ2v) is 5.58. The highest BCUT2D eigenvalue weighted by Gasteiger charge is 2.23. The second kappa shape index (κ2) is 8.86. The van der Waals surface area contributed by atoms with E-state index in [1.54, 1.807) is 0 Å². The molecule has 1 fully saturated rings. The number of unbranched alkanes of at least 4 members (excludes halogenated alkanes) is 1. The van der Waals surface area contributed by atoms with Crippen LogP contribution in [0.5, 0.6) is 0 Å². The molecule has 0 aromatic rings. The van der Waals surface area contributed by atoms with Crippen molar-refractivity contribution >= 4 is 0 Å². The predicted octanol–water partition coefficient (Wildman–Crippen LogP) is 1.22. The van der Waals surface area contributed by atoms with E-state index in [1.165, 1.54) is 0 Å². The van der Waals surface area contributed by atoms with Crippen molar-refractivity contribution in [3.8, 4) is 0 Å². The van der Waals surface area contributed by atoms with Gasteiger partial charge in [-0.1, -0.05) is 13.3 Å². The van der Waals surface area contributed by atoms with Crippen molar-refractivity contribution in [2.45, 2.75) is 51.7 Å². The van der Waals surface area contributed by atoms with Gasteiger partial charge in [0.05, 0.1) is 12.7 Å². The Kier molecular flexibility index (Phi) is 7.82. The Morgan fingerprint density at radius 2 is 2.06 bits per heavy atom. The van der Waals surface area contributed by atoms with Crippen molar-refractivity contribution in [3.05, 3.63) is 0 Å². The predicted molar refractivity (Wildman–Crippen MR) is 74.5 cm³/mol. The topological polar surface area (TPSA) is 58.7 Å². The summed E-state index contributed by atoms with van der Waals surface area (Å²) in [5.41, 5.74) is 5.92. The zero-order valence-corrected chi connectivity index (χ0v) is 12.0. The summed E-state index contributed by atoms with van der Waals surface area (Å²) in [7, 11) is 0. The van der Waals surface area contributed by atoms with E-state index in [0.717, 1.165) is 51.9 Å². The Bertz CT molecular complexity index is 204. The van der Waals surface area contributed by atoms with Gasteiger partial charge in [0.15, 0.2) is 0 Å². The number of nitrogens with zero attached hydrogens (tertiary/aromatic N) is 1. The molecule has 0 aliphatic carbocycles. The number of nitrogens with two attached hydrogens (primary N) is 1. The normalized spacial score (nSPS) is 22.0. The molecule has 0 saturated carbocycles. The quantitative estimate of drug-likeness (QED) is 0.643. The van der Waals surface area contributed by atoms with E-state index in [1.807, 2.05) is 0 Å². The summed E-state index contributed by atoms with van der Waals surface area (Å²) < 4.78 is 5.44. The van der Waals surface area contributed by atoms with Crippen molar-refractivity contribution in [3.63, 3.8) is 0 Å². The van der Waals surface area contributed by atoms with E-state index < -0.39 is 0 Å². The standard InChI is InChI=1S/C14H30N2O2/c1-3-4-9-18-11-14(17)10-16-7-5-13(6-8-16)12(2)15/h12-14,17H,3-11,15H2,1-2H3. The van der Waals surface area contributed by atoms with E-state index in [-0.39, 0.29) is 6.10 Å². The summed E-state index contributed by atoms with van der Waals surface area (Å²) in [6.07, 6.45) is 4.17. The molecule has 4 nitrogen and oxygen atoms in total. The van der Waals surface area contributed by atoms with Crippen LogP contribution in [0.1, 0.15) is 39.5 Å². The van der Waals surface area contributed by atoms with Gasteiger partial charge in [-0.2, -0.15) is 0 Å². The van der Waals surface area contributed by atoms with Crippen LogP contribution < -0.4 is 5.73 Å². The van der Waals surface area contributed by atoms with E-state index >= 15 is 0 Å². The van der Waals surface area contributed by atoms with Gasteiger partial charge in [-0.15, -0.1) is 0 Å². The molecule has 0 radical (unpaired) electrons. The minimum absolute atomic E-state index is 0.300. The minimum Gasteiger partial charge on any atom is -0.389 e. The van der Waals surface area contributed by atoms with Crippen molar-refractivity contribution in [1.82, 2.24) is 4.90 Å². The average molecular weight is 258 g/mol. The lowest BCUT2D eigenvalue weighted by atomic mass is 9.91. The summed E-state index contributed by atoms with van der Waals surface area (Å²) in [6, 6.07) is 0.300. The zero-order valence-electron chi connectivity index (χ0n) is 12.0. The molecule has 0 aromatic carbocycles. The molecule has 3 N–H and O–H groups in total. The molecular formula is C14H30N2O2. The fourth-order valence-corrected chi connectivity index (χ4v) is 2.48. The van der Waals surface area contributed by atoms with Gasteiger partial charge < -0.3 is 20.5 Å². The van der Waals surface area contributed by atoms with Gasteiger partial charge in [0, 0.05) is 19.2 Å². The Hall–Kier alpha value is -0.160. The maximum absolute atomic E-state index is 9.88. The molecule has 1 rings (SSSR count). The van der Waals surface area contributed by atoms with Crippen LogP contribution >= 0.6 is 0 Å². The molecular weight excluding hydrogens is 228 g/mol. The molecule has 2 unspecified atom stereocenters. The molecule has 0 spiro atoms. The fourth-order valence-electron chi connectivity index (χ4n) is 2.48. The van der Waals surface area contributed by atoms with E-state index in [4.69, 9.17) is 10.5 Å². The van der Waals surface area contributed by atoms with E-state index in [9.17, 15) is 5.11 Å². The van der Waals surface area contributed by atoms with Crippen LogP contribution in [-0.4, -0.2) is 55.0 Å². The Labute approximate surface area is 111 Å². The molecule has 1 aliphatic heterocycles. The van der Waals surface area contributed by atoms with Crippen LogP contribution in [-0.2, 0) is 4.74 Å². The lowest BCUT2D eigenvalue weighted by Crippen LogP contribution is -2.43. The Balaban J connectivity index is 2.08. The van der Waals surface area contributed by atoms with Crippen molar-refractivity contribution in [2.24, 2.45) is 11.7 Å². The minimum atomic E-state index is -0.353. The maximum atomic E-state index is 9.88. The molecule has 2 atom stereocenters. The molecule has 0 aromatic heterocycles. The fraction of sp³-hybridized carbons (Fsp3) is 1.00.